The minimum atomic E-state index is -4.35. The lowest BCUT2D eigenvalue weighted by atomic mass is 10.0. The summed E-state index contributed by atoms with van der Waals surface area (Å²) in [5.41, 5.74) is 0. The van der Waals surface area contributed by atoms with E-state index in [1.807, 2.05) is 27.2 Å². The van der Waals surface area contributed by atoms with Gasteiger partial charge in [0.25, 0.3) is 0 Å². The van der Waals surface area contributed by atoms with Crippen LogP contribution in [0.4, 0.5) is 0 Å². The van der Waals surface area contributed by atoms with Gasteiger partial charge in [0.2, 0.25) is 5.91 Å². The van der Waals surface area contributed by atoms with Crippen LogP contribution in [0.3, 0.4) is 0 Å². The zero-order valence-corrected chi connectivity index (χ0v) is 49.8. The van der Waals surface area contributed by atoms with Gasteiger partial charge >= 0.3 is 7.82 Å². The highest BCUT2D eigenvalue weighted by atomic mass is 31.2. The number of quaternary nitrogens is 1. The lowest BCUT2D eigenvalue weighted by Crippen LogP contribution is -2.45. The number of rotatable bonds is 59. The number of nitrogens with zero attached hydrogens (tertiary/aromatic N) is 1. The van der Waals surface area contributed by atoms with E-state index in [9.17, 15) is 19.4 Å². The quantitative estimate of drug-likeness (QED) is 0.0243. The van der Waals surface area contributed by atoms with Crippen LogP contribution in [0.2, 0.25) is 0 Å². The molecule has 428 valence electrons. The Hall–Kier alpha value is -1.02. The van der Waals surface area contributed by atoms with Crippen LogP contribution in [-0.2, 0) is 18.4 Å². The monoisotopic (exact) mass is 1040 g/mol. The number of nitrogens with one attached hydrogen (secondary N) is 1. The standard InChI is InChI=1S/C63H125N2O6P/c1-6-8-10-12-14-16-18-20-22-24-26-27-28-29-30-31-32-33-34-35-36-37-38-39-41-43-45-47-49-51-53-55-57-63(67)64-61(60-71-72(68,69)70-59-58-65(3,4)5)62(66)56-54-52-50-48-46-44-42-40-25-23-21-19-17-15-13-11-9-7-2/h29-30,54,56,61-62,66H,6-28,31-53,55,57-60H2,1-5H3,(H-,64,67,68,69)/p+1/b30-29-,56-54+. The van der Waals surface area contributed by atoms with E-state index in [0.717, 1.165) is 32.1 Å². The highest BCUT2D eigenvalue weighted by molar-refractivity contribution is 7.47. The third-order valence-electron chi connectivity index (χ3n) is 14.7. The maximum Gasteiger partial charge on any atom is 0.472 e. The molecule has 3 N–H and O–H groups in total. The second-order valence-electron chi connectivity index (χ2n) is 23.1. The largest absolute Gasteiger partial charge is 0.472 e. The summed E-state index contributed by atoms with van der Waals surface area (Å²) >= 11 is 0. The van der Waals surface area contributed by atoms with Crippen LogP contribution in [0, 0.1) is 0 Å². The van der Waals surface area contributed by atoms with Crippen molar-refractivity contribution in [1.82, 2.24) is 5.32 Å². The molecule has 0 heterocycles. The minimum absolute atomic E-state index is 0.0639. The van der Waals surface area contributed by atoms with Crippen LogP contribution in [0.1, 0.15) is 322 Å². The number of aliphatic hydroxyl groups is 1. The molecule has 0 aliphatic heterocycles. The fourth-order valence-corrected chi connectivity index (χ4v) is 10.4. The molecule has 3 unspecified atom stereocenters. The van der Waals surface area contributed by atoms with E-state index in [-0.39, 0.29) is 19.1 Å². The number of unbranched alkanes of at least 4 members (excludes halogenated alkanes) is 44. The number of carbonyl (C=O) groups excluding carboxylic acids is 1. The SMILES string of the molecule is CCCCCCCCCCCCCC/C=C\CCCCCCCCCCCCCCCCCCC(=O)NC(COP(=O)(O)OCC[N+](C)(C)C)C(O)/C=C/CCCCCCCCCCCCCCCCCC. The Labute approximate surface area is 449 Å². The van der Waals surface area contributed by atoms with Crippen molar-refractivity contribution in [1.29, 1.82) is 0 Å². The summed E-state index contributed by atoms with van der Waals surface area (Å²) < 4.78 is 23.7. The highest BCUT2D eigenvalue weighted by Crippen LogP contribution is 2.43. The Bertz CT molecular complexity index is 1220. The van der Waals surface area contributed by atoms with Gasteiger partial charge in [-0.3, -0.25) is 13.8 Å². The van der Waals surface area contributed by atoms with Crippen LogP contribution < -0.4 is 5.32 Å². The Kier molecular flexibility index (Phi) is 54.0. The van der Waals surface area contributed by atoms with Crippen molar-refractivity contribution < 1.29 is 32.9 Å². The molecule has 0 saturated heterocycles. The van der Waals surface area contributed by atoms with E-state index in [1.54, 1.807) is 6.08 Å². The van der Waals surface area contributed by atoms with Crippen molar-refractivity contribution in [3.8, 4) is 0 Å². The molecule has 0 rings (SSSR count). The first-order chi connectivity index (χ1) is 35.0. The van der Waals surface area contributed by atoms with Gasteiger partial charge < -0.3 is 19.8 Å². The zero-order valence-electron chi connectivity index (χ0n) is 48.9. The molecular formula is C63H126N2O6P+. The first-order valence-corrected chi connectivity index (χ1v) is 33.2. The first-order valence-electron chi connectivity index (χ1n) is 31.7. The fourth-order valence-electron chi connectivity index (χ4n) is 9.69. The molecule has 0 aliphatic rings. The number of hydrogen-bond acceptors (Lipinski definition) is 5. The number of hydrogen-bond donors (Lipinski definition) is 3. The molecule has 1 amide bonds. The van der Waals surface area contributed by atoms with Crippen molar-refractivity contribution >= 4 is 13.7 Å². The van der Waals surface area contributed by atoms with Crippen molar-refractivity contribution in [2.24, 2.45) is 0 Å². The molecule has 0 saturated carbocycles. The van der Waals surface area contributed by atoms with Gasteiger partial charge in [-0.25, -0.2) is 4.57 Å². The average Bonchev–Trinajstić information content (AvgIpc) is 3.34. The smallest absolute Gasteiger partial charge is 0.387 e. The van der Waals surface area contributed by atoms with Crippen molar-refractivity contribution in [3.05, 3.63) is 24.3 Å². The van der Waals surface area contributed by atoms with Crippen LogP contribution in [0.25, 0.3) is 0 Å². The summed E-state index contributed by atoms with van der Waals surface area (Å²) in [6, 6.07) is -0.844. The zero-order chi connectivity index (χ0) is 52.7. The van der Waals surface area contributed by atoms with Gasteiger partial charge in [-0.05, 0) is 44.9 Å². The number of carbonyl (C=O) groups is 1. The number of phosphoric acid groups is 1. The van der Waals surface area contributed by atoms with Gasteiger partial charge in [0.05, 0.1) is 39.9 Å². The van der Waals surface area contributed by atoms with E-state index in [4.69, 9.17) is 9.05 Å². The van der Waals surface area contributed by atoms with Crippen LogP contribution >= 0.6 is 7.82 Å². The van der Waals surface area contributed by atoms with E-state index >= 15 is 0 Å². The van der Waals surface area contributed by atoms with Gasteiger partial charge in [0.15, 0.2) is 0 Å². The second-order valence-corrected chi connectivity index (χ2v) is 24.6. The molecule has 0 aromatic heterocycles. The maximum atomic E-state index is 13.0. The summed E-state index contributed by atoms with van der Waals surface area (Å²) in [5.74, 6) is -0.171. The third kappa shape index (κ3) is 56.7. The molecular weight excluding hydrogens is 912 g/mol. The van der Waals surface area contributed by atoms with E-state index in [1.165, 1.54) is 270 Å². The molecule has 3 atom stereocenters. The van der Waals surface area contributed by atoms with Crippen molar-refractivity contribution in [2.75, 3.05) is 40.9 Å². The fraction of sp³-hybridized carbons (Fsp3) is 0.921. The molecule has 0 fully saturated rings. The second kappa shape index (κ2) is 54.8. The summed E-state index contributed by atoms with van der Waals surface area (Å²) in [6.07, 6.45) is 70.2. The molecule has 9 heteroatoms. The molecule has 72 heavy (non-hydrogen) atoms. The maximum absolute atomic E-state index is 13.0. The molecule has 0 aromatic carbocycles. The van der Waals surface area contributed by atoms with Gasteiger partial charge in [0.1, 0.15) is 13.2 Å². The molecule has 0 spiro atoms. The molecule has 0 aromatic rings. The number of likely N-dealkylation sites (N-methyl/N-ethyl adjacent to an activating group) is 1. The predicted octanol–water partition coefficient (Wildman–Crippen LogP) is 19.5. The Morgan fingerprint density at radius 3 is 1.07 bits per heavy atom. The lowest BCUT2D eigenvalue weighted by Gasteiger charge is -2.25. The summed E-state index contributed by atoms with van der Waals surface area (Å²) in [4.78, 5) is 23.3. The number of phosphoric ester groups is 1. The number of amides is 1. The third-order valence-corrected chi connectivity index (χ3v) is 15.6. The van der Waals surface area contributed by atoms with Gasteiger partial charge in [0, 0.05) is 6.42 Å². The van der Waals surface area contributed by atoms with E-state index < -0.39 is 20.0 Å². The number of allylic oxidation sites excluding steroid dienone is 3. The van der Waals surface area contributed by atoms with Crippen molar-refractivity contribution in [2.45, 2.75) is 334 Å². The lowest BCUT2D eigenvalue weighted by molar-refractivity contribution is -0.870. The first kappa shape index (κ1) is 71.0. The van der Waals surface area contributed by atoms with Crippen LogP contribution in [0.5, 0.6) is 0 Å². The minimum Gasteiger partial charge on any atom is -0.387 e. The van der Waals surface area contributed by atoms with Crippen LogP contribution in [0.15, 0.2) is 24.3 Å². The van der Waals surface area contributed by atoms with Gasteiger partial charge in [-0.15, -0.1) is 0 Å². The van der Waals surface area contributed by atoms with Gasteiger partial charge in [-0.1, -0.05) is 295 Å². The van der Waals surface area contributed by atoms with E-state index in [2.05, 4.69) is 31.3 Å². The highest BCUT2D eigenvalue weighted by Gasteiger charge is 2.28. The Balaban J connectivity index is 4.04. The Morgan fingerprint density at radius 2 is 0.750 bits per heavy atom. The normalized spacial score (nSPS) is 13.9. The number of aliphatic hydroxyl groups excluding tert-OH is 1. The Morgan fingerprint density at radius 1 is 0.458 bits per heavy atom. The van der Waals surface area contributed by atoms with Crippen molar-refractivity contribution in [3.63, 3.8) is 0 Å². The molecule has 8 nitrogen and oxygen atoms in total. The summed E-state index contributed by atoms with van der Waals surface area (Å²) in [7, 11) is 1.59. The predicted molar refractivity (Wildman–Crippen MR) is 314 cm³/mol. The van der Waals surface area contributed by atoms with E-state index in [0.29, 0.717) is 17.4 Å². The molecule has 0 bridgehead atoms. The van der Waals surface area contributed by atoms with Crippen LogP contribution in [-0.4, -0.2) is 73.4 Å². The summed E-state index contributed by atoms with van der Waals surface area (Å²) in [5, 5.41) is 14.0. The topological polar surface area (TPSA) is 105 Å². The van der Waals surface area contributed by atoms with Gasteiger partial charge in [-0.2, -0.15) is 0 Å². The summed E-state index contributed by atoms with van der Waals surface area (Å²) in [6.45, 7) is 4.87. The average molecular weight is 1040 g/mol. The molecule has 0 radical (unpaired) electrons. The molecule has 0 aliphatic carbocycles.